The summed E-state index contributed by atoms with van der Waals surface area (Å²) in [6.07, 6.45) is 0. The monoisotopic (exact) mass is 313 g/mol. The lowest BCUT2D eigenvalue weighted by molar-refractivity contribution is 0.875. The van der Waals surface area contributed by atoms with Crippen molar-refractivity contribution < 1.29 is 0 Å². The highest BCUT2D eigenvalue weighted by Gasteiger charge is 2.18. The topological polar surface area (TPSA) is 30.7 Å². The zero-order valence-electron chi connectivity index (χ0n) is 14.1. The second kappa shape index (κ2) is 5.60. The number of benzene rings is 2. The lowest BCUT2D eigenvalue weighted by Gasteiger charge is -2.12. The zero-order chi connectivity index (χ0) is 16.7. The summed E-state index contributed by atoms with van der Waals surface area (Å²) in [6, 6.07) is 20.6. The number of hydrogen-bond acceptors (Lipinski definition) is 2. The van der Waals surface area contributed by atoms with E-state index in [-0.39, 0.29) is 0 Å². The summed E-state index contributed by atoms with van der Waals surface area (Å²) < 4.78 is 1.94. The molecule has 4 aromatic rings. The first kappa shape index (κ1) is 14.6. The highest BCUT2D eigenvalue weighted by atomic mass is 15.3. The SMILES string of the molecule is Cc1nc2c(c(C)nn2-c2ccccc2)c(C)c1-c1ccccc1. The molecule has 0 aliphatic carbocycles. The molecule has 0 fully saturated rings. The van der Waals surface area contributed by atoms with Gasteiger partial charge in [-0.15, -0.1) is 0 Å². The van der Waals surface area contributed by atoms with Crippen LogP contribution in [0.25, 0.3) is 27.8 Å². The second-order valence-corrected chi connectivity index (χ2v) is 6.09. The third-order valence-electron chi connectivity index (χ3n) is 4.48. The summed E-state index contributed by atoms with van der Waals surface area (Å²) in [7, 11) is 0. The molecule has 3 heteroatoms. The van der Waals surface area contributed by atoms with Crippen molar-refractivity contribution in [3.05, 3.63) is 77.6 Å². The fraction of sp³-hybridized carbons (Fsp3) is 0.143. The van der Waals surface area contributed by atoms with Crippen LogP contribution >= 0.6 is 0 Å². The summed E-state index contributed by atoms with van der Waals surface area (Å²) in [5.74, 6) is 0. The van der Waals surface area contributed by atoms with Gasteiger partial charge in [0.25, 0.3) is 0 Å². The van der Waals surface area contributed by atoms with Gasteiger partial charge >= 0.3 is 0 Å². The minimum Gasteiger partial charge on any atom is -0.233 e. The first-order valence-electron chi connectivity index (χ1n) is 8.14. The van der Waals surface area contributed by atoms with Crippen molar-refractivity contribution in [2.45, 2.75) is 20.8 Å². The molecule has 0 N–H and O–H groups in total. The Morgan fingerprint density at radius 2 is 1.38 bits per heavy atom. The molecule has 2 heterocycles. The van der Waals surface area contributed by atoms with E-state index in [9.17, 15) is 0 Å². The number of para-hydroxylation sites is 1. The van der Waals surface area contributed by atoms with Crippen molar-refractivity contribution in [3.8, 4) is 16.8 Å². The van der Waals surface area contributed by atoms with E-state index < -0.39 is 0 Å². The van der Waals surface area contributed by atoms with Gasteiger partial charge in [-0.1, -0.05) is 48.5 Å². The Bertz CT molecular complexity index is 1020. The van der Waals surface area contributed by atoms with Crippen molar-refractivity contribution in [2.24, 2.45) is 0 Å². The Balaban J connectivity index is 2.04. The Morgan fingerprint density at radius 1 is 0.750 bits per heavy atom. The van der Waals surface area contributed by atoms with Gasteiger partial charge in [0.2, 0.25) is 0 Å². The first-order valence-corrected chi connectivity index (χ1v) is 8.14. The lowest BCUT2D eigenvalue weighted by atomic mass is 9.97. The number of aromatic nitrogens is 3. The van der Waals surface area contributed by atoms with Crippen LogP contribution in [0.4, 0.5) is 0 Å². The molecule has 0 unspecified atom stereocenters. The van der Waals surface area contributed by atoms with Gasteiger partial charge in [0, 0.05) is 16.6 Å². The average Bonchev–Trinajstić information content (AvgIpc) is 2.93. The summed E-state index contributed by atoms with van der Waals surface area (Å²) >= 11 is 0. The first-order chi connectivity index (χ1) is 11.7. The van der Waals surface area contributed by atoms with Gasteiger partial charge in [0.1, 0.15) is 0 Å². The van der Waals surface area contributed by atoms with Gasteiger partial charge in [0.05, 0.1) is 11.4 Å². The van der Waals surface area contributed by atoms with Crippen molar-refractivity contribution in [3.63, 3.8) is 0 Å². The second-order valence-electron chi connectivity index (χ2n) is 6.09. The molecule has 118 valence electrons. The normalized spacial score (nSPS) is 11.1. The molecule has 0 aliphatic rings. The van der Waals surface area contributed by atoms with Gasteiger partial charge in [-0.3, -0.25) is 0 Å². The average molecular weight is 313 g/mol. The molecule has 2 aromatic carbocycles. The molecule has 0 amide bonds. The molecule has 4 rings (SSSR count). The highest BCUT2D eigenvalue weighted by Crippen LogP contribution is 2.33. The molecule has 0 radical (unpaired) electrons. The van der Waals surface area contributed by atoms with Crippen molar-refractivity contribution in [1.29, 1.82) is 0 Å². The molecule has 0 atom stereocenters. The summed E-state index contributed by atoms with van der Waals surface area (Å²) in [6.45, 7) is 6.30. The van der Waals surface area contributed by atoms with Gasteiger partial charge < -0.3 is 0 Å². The molecular weight excluding hydrogens is 294 g/mol. The van der Waals surface area contributed by atoms with E-state index in [1.165, 1.54) is 16.7 Å². The fourth-order valence-corrected chi connectivity index (χ4v) is 3.45. The lowest BCUT2D eigenvalue weighted by Crippen LogP contribution is -2.00. The van der Waals surface area contributed by atoms with Crippen LogP contribution in [0.1, 0.15) is 17.0 Å². The third-order valence-corrected chi connectivity index (χ3v) is 4.48. The van der Waals surface area contributed by atoms with Crippen LogP contribution in [0, 0.1) is 20.8 Å². The van der Waals surface area contributed by atoms with Crippen LogP contribution in [0.15, 0.2) is 60.7 Å². The van der Waals surface area contributed by atoms with Crippen LogP contribution in [-0.2, 0) is 0 Å². The molecule has 3 nitrogen and oxygen atoms in total. The van der Waals surface area contributed by atoms with Crippen molar-refractivity contribution >= 4 is 11.0 Å². The van der Waals surface area contributed by atoms with E-state index in [0.717, 1.165) is 28.1 Å². The van der Waals surface area contributed by atoms with Crippen molar-refractivity contribution in [1.82, 2.24) is 14.8 Å². The number of nitrogens with zero attached hydrogens (tertiary/aromatic N) is 3. The number of aryl methyl sites for hydroxylation is 3. The van der Waals surface area contributed by atoms with E-state index >= 15 is 0 Å². The predicted molar refractivity (Wildman–Crippen MR) is 98.5 cm³/mol. The Hall–Kier alpha value is -2.94. The third kappa shape index (κ3) is 2.21. The number of pyridine rings is 1. The molecule has 24 heavy (non-hydrogen) atoms. The Labute approximate surface area is 141 Å². The number of fused-ring (bicyclic) bond motifs is 1. The molecule has 0 saturated carbocycles. The van der Waals surface area contributed by atoms with E-state index in [2.05, 4.69) is 57.2 Å². The molecule has 2 aromatic heterocycles. The van der Waals surface area contributed by atoms with Gasteiger partial charge in [-0.05, 0) is 44.0 Å². The molecule has 0 spiro atoms. The van der Waals surface area contributed by atoms with E-state index in [4.69, 9.17) is 10.1 Å². The molecule has 0 saturated heterocycles. The minimum absolute atomic E-state index is 0.924. The van der Waals surface area contributed by atoms with Gasteiger partial charge in [0.15, 0.2) is 5.65 Å². The number of rotatable bonds is 2. The van der Waals surface area contributed by atoms with E-state index in [1.54, 1.807) is 0 Å². The fourth-order valence-electron chi connectivity index (χ4n) is 3.45. The van der Waals surface area contributed by atoms with Crippen LogP contribution in [-0.4, -0.2) is 14.8 Å². The largest absolute Gasteiger partial charge is 0.233 e. The number of hydrogen-bond donors (Lipinski definition) is 0. The maximum atomic E-state index is 4.91. The van der Waals surface area contributed by atoms with Crippen molar-refractivity contribution in [2.75, 3.05) is 0 Å². The van der Waals surface area contributed by atoms with E-state index in [0.29, 0.717) is 0 Å². The Kier molecular flexibility index (Phi) is 3.42. The predicted octanol–water partition coefficient (Wildman–Crippen LogP) is 5.01. The van der Waals surface area contributed by atoms with Gasteiger partial charge in [-0.2, -0.15) is 5.10 Å². The standard InChI is InChI=1S/C21H19N3/c1-14-19(17-10-6-4-7-11-17)15(2)22-21-20(14)16(3)23-24(21)18-12-8-5-9-13-18/h4-13H,1-3H3. The van der Waals surface area contributed by atoms with Gasteiger partial charge in [-0.25, -0.2) is 9.67 Å². The van der Waals surface area contributed by atoms with Crippen LogP contribution in [0.5, 0.6) is 0 Å². The maximum Gasteiger partial charge on any atom is 0.163 e. The quantitative estimate of drug-likeness (QED) is 0.520. The smallest absolute Gasteiger partial charge is 0.163 e. The van der Waals surface area contributed by atoms with Crippen LogP contribution < -0.4 is 0 Å². The molecular formula is C21H19N3. The van der Waals surface area contributed by atoms with Crippen LogP contribution in [0.2, 0.25) is 0 Å². The summed E-state index contributed by atoms with van der Waals surface area (Å²) in [5, 5.41) is 5.89. The summed E-state index contributed by atoms with van der Waals surface area (Å²) in [5.41, 5.74) is 7.65. The summed E-state index contributed by atoms with van der Waals surface area (Å²) in [4.78, 5) is 4.91. The zero-order valence-corrected chi connectivity index (χ0v) is 14.1. The maximum absolute atomic E-state index is 4.91. The molecule has 0 bridgehead atoms. The van der Waals surface area contributed by atoms with E-state index in [1.807, 2.05) is 28.9 Å². The molecule has 0 aliphatic heterocycles. The Morgan fingerprint density at radius 3 is 2.04 bits per heavy atom. The minimum atomic E-state index is 0.924. The highest BCUT2D eigenvalue weighted by molar-refractivity contribution is 5.90. The van der Waals surface area contributed by atoms with Crippen LogP contribution in [0.3, 0.4) is 0 Å².